The molecule has 0 saturated heterocycles. The standard InChI is InChI=1S/C18H18N4O5S/c1-2-20-28(25,26)15-9-7-13(8-10-15)18(24)22-21-17(23)12-27-16-6-4-3-5-14(16)11-19/h3-10,20H,2,12H2,1H3,(H,21,23)(H,22,24). The molecule has 28 heavy (non-hydrogen) atoms. The summed E-state index contributed by atoms with van der Waals surface area (Å²) in [6.45, 7) is 1.50. The first-order chi connectivity index (χ1) is 13.4. The maximum atomic E-state index is 12.0. The molecular formula is C18H18N4O5S. The molecule has 0 aromatic heterocycles. The van der Waals surface area contributed by atoms with Crippen molar-refractivity contribution in [3.8, 4) is 11.8 Å². The number of nitrogens with zero attached hydrogens (tertiary/aromatic N) is 1. The molecule has 3 N–H and O–H groups in total. The summed E-state index contributed by atoms with van der Waals surface area (Å²) < 4.78 is 31.3. The summed E-state index contributed by atoms with van der Waals surface area (Å²) >= 11 is 0. The number of sulfonamides is 1. The second-order valence-corrected chi connectivity index (χ2v) is 7.19. The molecule has 0 heterocycles. The highest BCUT2D eigenvalue weighted by Gasteiger charge is 2.14. The van der Waals surface area contributed by atoms with Crippen molar-refractivity contribution in [1.29, 1.82) is 5.26 Å². The molecule has 146 valence electrons. The Labute approximate surface area is 162 Å². The zero-order chi connectivity index (χ0) is 20.6. The number of nitrogens with one attached hydrogen (secondary N) is 3. The minimum atomic E-state index is -3.61. The molecule has 0 aliphatic carbocycles. The maximum Gasteiger partial charge on any atom is 0.276 e. The summed E-state index contributed by atoms with van der Waals surface area (Å²) in [5.41, 5.74) is 4.82. The van der Waals surface area contributed by atoms with E-state index in [1.54, 1.807) is 31.2 Å². The molecule has 10 heteroatoms. The predicted octanol–water partition coefficient (Wildman–Crippen LogP) is 0.696. The maximum absolute atomic E-state index is 12.0. The van der Waals surface area contributed by atoms with Crippen LogP contribution in [-0.4, -0.2) is 33.4 Å². The molecule has 2 aromatic rings. The van der Waals surface area contributed by atoms with Crippen LogP contribution in [0.25, 0.3) is 0 Å². The zero-order valence-corrected chi connectivity index (χ0v) is 15.7. The molecule has 0 atom stereocenters. The fourth-order valence-electron chi connectivity index (χ4n) is 2.12. The predicted molar refractivity (Wildman–Crippen MR) is 99.6 cm³/mol. The highest BCUT2D eigenvalue weighted by Crippen LogP contribution is 2.16. The van der Waals surface area contributed by atoms with E-state index in [4.69, 9.17) is 10.00 Å². The molecule has 0 bridgehead atoms. The Morgan fingerprint density at radius 3 is 2.39 bits per heavy atom. The van der Waals surface area contributed by atoms with E-state index >= 15 is 0 Å². The van der Waals surface area contributed by atoms with E-state index in [0.29, 0.717) is 0 Å². The first-order valence-electron chi connectivity index (χ1n) is 8.18. The Hall–Kier alpha value is -3.42. The van der Waals surface area contributed by atoms with Crippen molar-refractivity contribution in [3.05, 3.63) is 59.7 Å². The molecular weight excluding hydrogens is 384 g/mol. The Kier molecular flexibility index (Phi) is 7.08. The molecule has 0 aliphatic heterocycles. The van der Waals surface area contributed by atoms with Crippen LogP contribution in [0.5, 0.6) is 5.75 Å². The minimum absolute atomic E-state index is 0.0273. The molecule has 0 fully saturated rings. The first-order valence-corrected chi connectivity index (χ1v) is 9.66. The Balaban J connectivity index is 1.88. The summed E-state index contributed by atoms with van der Waals surface area (Å²) in [6, 6.07) is 13.6. The molecule has 2 amide bonds. The highest BCUT2D eigenvalue weighted by molar-refractivity contribution is 7.89. The molecule has 9 nitrogen and oxygen atoms in total. The van der Waals surface area contributed by atoms with Crippen LogP contribution in [0.2, 0.25) is 0 Å². The smallest absolute Gasteiger partial charge is 0.276 e. The van der Waals surface area contributed by atoms with Crippen LogP contribution < -0.4 is 20.3 Å². The van der Waals surface area contributed by atoms with Crippen molar-refractivity contribution in [1.82, 2.24) is 15.6 Å². The van der Waals surface area contributed by atoms with Gasteiger partial charge in [-0.2, -0.15) is 5.26 Å². The number of ether oxygens (including phenoxy) is 1. The number of para-hydroxylation sites is 1. The van der Waals surface area contributed by atoms with Gasteiger partial charge in [0.1, 0.15) is 11.8 Å². The number of hydrazine groups is 1. The van der Waals surface area contributed by atoms with Gasteiger partial charge in [0.15, 0.2) is 6.61 Å². The average Bonchev–Trinajstić information content (AvgIpc) is 2.70. The SMILES string of the molecule is CCNS(=O)(=O)c1ccc(C(=O)NNC(=O)COc2ccccc2C#N)cc1. The quantitative estimate of drug-likeness (QED) is 0.583. The number of hydrogen-bond acceptors (Lipinski definition) is 6. The van der Waals surface area contributed by atoms with Gasteiger partial charge in [-0.25, -0.2) is 13.1 Å². The van der Waals surface area contributed by atoms with Crippen LogP contribution in [-0.2, 0) is 14.8 Å². The summed E-state index contributed by atoms with van der Waals surface area (Å²) in [4.78, 5) is 23.9. The normalized spacial score (nSPS) is 10.6. The monoisotopic (exact) mass is 402 g/mol. The van der Waals surface area contributed by atoms with E-state index in [-0.39, 0.29) is 28.3 Å². The lowest BCUT2D eigenvalue weighted by Crippen LogP contribution is -2.43. The average molecular weight is 402 g/mol. The summed E-state index contributed by atoms with van der Waals surface area (Å²) in [5, 5.41) is 8.96. The number of carbonyl (C=O) groups is 2. The highest BCUT2D eigenvalue weighted by atomic mass is 32.2. The van der Waals surface area contributed by atoms with E-state index in [0.717, 1.165) is 0 Å². The topological polar surface area (TPSA) is 137 Å². The number of carbonyl (C=O) groups excluding carboxylic acids is 2. The van der Waals surface area contributed by atoms with Crippen molar-refractivity contribution in [2.45, 2.75) is 11.8 Å². The fourth-order valence-corrected chi connectivity index (χ4v) is 3.16. The number of benzene rings is 2. The van der Waals surface area contributed by atoms with Crippen LogP contribution in [0, 0.1) is 11.3 Å². The van der Waals surface area contributed by atoms with Crippen molar-refractivity contribution in [3.63, 3.8) is 0 Å². The van der Waals surface area contributed by atoms with E-state index < -0.39 is 28.4 Å². The van der Waals surface area contributed by atoms with Crippen LogP contribution in [0.1, 0.15) is 22.8 Å². The van der Waals surface area contributed by atoms with Crippen molar-refractivity contribution in [2.24, 2.45) is 0 Å². The fraction of sp³-hybridized carbons (Fsp3) is 0.167. The second kappa shape index (κ2) is 9.50. The summed E-state index contributed by atoms with van der Waals surface area (Å²) in [7, 11) is -3.61. The van der Waals surface area contributed by atoms with E-state index in [9.17, 15) is 18.0 Å². The number of hydrogen-bond donors (Lipinski definition) is 3. The number of amides is 2. The summed E-state index contributed by atoms with van der Waals surface area (Å²) in [6.07, 6.45) is 0. The van der Waals surface area contributed by atoms with E-state index in [2.05, 4.69) is 15.6 Å². The van der Waals surface area contributed by atoms with Crippen molar-refractivity contribution in [2.75, 3.05) is 13.2 Å². The van der Waals surface area contributed by atoms with Crippen LogP contribution in [0.4, 0.5) is 0 Å². The third-order valence-corrected chi connectivity index (χ3v) is 5.00. The second-order valence-electron chi connectivity index (χ2n) is 5.42. The van der Waals surface area contributed by atoms with E-state index in [1.165, 1.54) is 24.3 Å². The largest absolute Gasteiger partial charge is 0.482 e. The van der Waals surface area contributed by atoms with Crippen molar-refractivity contribution < 1.29 is 22.7 Å². The van der Waals surface area contributed by atoms with Crippen LogP contribution >= 0.6 is 0 Å². The van der Waals surface area contributed by atoms with Gasteiger partial charge >= 0.3 is 0 Å². The van der Waals surface area contributed by atoms with Gasteiger partial charge in [0.25, 0.3) is 11.8 Å². The lowest BCUT2D eigenvalue weighted by atomic mass is 10.2. The molecule has 2 rings (SSSR count). The third-order valence-electron chi connectivity index (χ3n) is 3.44. The van der Waals surface area contributed by atoms with Crippen LogP contribution in [0.3, 0.4) is 0 Å². The molecule has 0 unspecified atom stereocenters. The lowest BCUT2D eigenvalue weighted by molar-refractivity contribution is -0.123. The Morgan fingerprint density at radius 1 is 1.07 bits per heavy atom. The van der Waals surface area contributed by atoms with Gasteiger partial charge in [-0.15, -0.1) is 0 Å². The van der Waals surface area contributed by atoms with Gasteiger partial charge in [-0.05, 0) is 36.4 Å². The lowest BCUT2D eigenvalue weighted by Gasteiger charge is -2.10. The molecule has 0 radical (unpaired) electrons. The van der Waals surface area contributed by atoms with Gasteiger partial charge in [-0.1, -0.05) is 19.1 Å². The Morgan fingerprint density at radius 2 is 1.75 bits per heavy atom. The molecule has 0 aliphatic rings. The van der Waals surface area contributed by atoms with E-state index in [1.807, 2.05) is 6.07 Å². The van der Waals surface area contributed by atoms with Crippen LogP contribution in [0.15, 0.2) is 53.4 Å². The number of nitriles is 1. The zero-order valence-electron chi connectivity index (χ0n) is 14.9. The summed E-state index contributed by atoms with van der Waals surface area (Å²) in [5.74, 6) is -1.01. The third kappa shape index (κ3) is 5.54. The van der Waals surface area contributed by atoms with Gasteiger partial charge < -0.3 is 4.74 Å². The van der Waals surface area contributed by atoms with Gasteiger partial charge in [0.2, 0.25) is 10.0 Å². The Bertz CT molecular complexity index is 997. The molecule has 0 spiro atoms. The van der Waals surface area contributed by atoms with Gasteiger partial charge in [-0.3, -0.25) is 20.4 Å². The van der Waals surface area contributed by atoms with Gasteiger partial charge in [0, 0.05) is 12.1 Å². The van der Waals surface area contributed by atoms with Crippen molar-refractivity contribution >= 4 is 21.8 Å². The molecule has 0 saturated carbocycles. The first kappa shape index (κ1) is 20.9. The minimum Gasteiger partial charge on any atom is -0.482 e. The van der Waals surface area contributed by atoms with Gasteiger partial charge in [0.05, 0.1) is 10.5 Å². The molecule has 2 aromatic carbocycles. The number of rotatable bonds is 7.